The molecule has 3 aliphatic heterocycles. The zero-order valence-electron chi connectivity index (χ0n) is 19.8. The predicted molar refractivity (Wildman–Crippen MR) is 134 cm³/mol. The average Bonchev–Trinajstić information content (AvgIpc) is 3.55. The molecule has 37 heavy (non-hydrogen) atoms. The van der Waals surface area contributed by atoms with Crippen LogP contribution in [0.3, 0.4) is 0 Å². The van der Waals surface area contributed by atoms with E-state index in [4.69, 9.17) is 14.7 Å². The molecule has 1 N–H and O–H groups in total. The number of nitrogens with one attached hydrogen (secondary N) is 1. The van der Waals surface area contributed by atoms with Crippen molar-refractivity contribution in [3.63, 3.8) is 0 Å². The van der Waals surface area contributed by atoms with Gasteiger partial charge >= 0.3 is 0 Å². The van der Waals surface area contributed by atoms with E-state index in [1.165, 1.54) is 0 Å². The predicted octanol–water partition coefficient (Wildman–Crippen LogP) is 3.65. The summed E-state index contributed by atoms with van der Waals surface area (Å²) in [4.78, 5) is 34.5. The molecule has 0 saturated carbocycles. The van der Waals surface area contributed by atoms with E-state index in [2.05, 4.69) is 17.1 Å². The van der Waals surface area contributed by atoms with Gasteiger partial charge in [-0.2, -0.15) is 5.26 Å². The standard InChI is InChI=1S/C29H22N4O4/c30-13-17-5-7-18(8-6-17)14-32-15-26(34)33-23(29(32)35)12-21-20-3-1-2-4-22(20)31-27(21)28(33)19-9-10-24-25(11-19)37-16-36-24/h1-11,23,28,31H,12,14-16H2/t23-,28-/m1/s1. The first kappa shape index (κ1) is 21.5. The maximum atomic E-state index is 13.9. The van der Waals surface area contributed by atoms with Crippen molar-refractivity contribution in [3.05, 3.63) is 94.7 Å². The van der Waals surface area contributed by atoms with Crippen molar-refractivity contribution < 1.29 is 19.1 Å². The molecule has 0 unspecified atom stereocenters. The van der Waals surface area contributed by atoms with Gasteiger partial charge in [0.15, 0.2) is 11.5 Å². The number of rotatable bonds is 3. The van der Waals surface area contributed by atoms with Crippen molar-refractivity contribution in [2.24, 2.45) is 0 Å². The number of piperazine rings is 1. The third kappa shape index (κ3) is 3.35. The lowest BCUT2D eigenvalue weighted by Crippen LogP contribution is -2.62. The van der Waals surface area contributed by atoms with Gasteiger partial charge in [0.1, 0.15) is 12.6 Å². The summed E-state index contributed by atoms with van der Waals surface area (Å²) < 4.78 is 11.1. The number of carbonyl (C=O) groups is 2. The normalized spacial score (nSPS) is 20.1. The molecular formula is C29H22N4O4. The van der Waals surface area contributed by atoms with Crippen molar-refractivity contribution in [3.8, 4) is 17.6 Å². The summed E-state index contributed by atoms with van der Waals surface area (Å²) in [6.45, 7) is 0.469. The lowest BCUT2D eigenvalue weighted by molar-refractivity contribution is -0.159. The molecule has 2 atom stereocenters. The fourth-order valence-electron chi connectivity index (χ4n) is 5.79. The van der Waals surface area contributed by atoms with Crippen LogP contribution in [-0.2, 0) is 22.6 Å². The zero-order valence-corrected chi connectivity index (χ0v) is 19.8. The molecule has 0 spiro atoms. The molecule has 0 aliphatic carbocycles. The monoisotopic (exact) mass is 490 g/mol. The number of aromatic nitrogens is 1. The van der Waals surface area contributed by atoms with Crippen LogP contribution < -0.4 is 9.47 Å². The third-order valence-electron chi connectivity index (χ3n) is 7.51. The first-order valence-electron chi connectivity index (χ1n) is 12.2. The first-order valence-corrected chi connectivity index (χ1v) is 12.2. The molecule has 2 amide bonds. The molecule has 182 valence electrons. The minimum absolute atomic E-state index is 0.00799. The summed E-state index contributed by atoms with van der Waals surface area (Å²) in [5.74, 6) is 1.12. The summed E-state index contributed by atoms with van der Waals surface area (Å²) >= 11 is 0. The summed E-state index contributed by atoms with van der Waals surface area (Å²) in [5.41, 5.74) is 5.26. The summed E-state index contributed by atoms with van der Waals surface area (Å²) in [6, 6.07) is 21.9. The van der Waals surface area contributed by atoms with E-state index in [0.29, 0.717) is 30.0 Å². The van der Waals surface area contributed by atoms with Crippen LogP contribution in [0.25, 0.3) is 10.9 Å². The quantitative estimate of drug-likeness (QED) is 0.473. The lowest BCUT2D eigenvalue weighted by atomic mass is 9.86. The van der Waals surface area contributed by atoms with Crippen molar-refractivity contribution in [2.75, 3.05) is 13.3 Å². The van der Waals surface area contributed by atoms with Gasteiger partial charge in [-0.1, -0.05) is 36.4 Å². The van der Waals surface area contributed by atoms with Crippen molar-refractivity contribution in [1.82, 2.24) is 14.8 Å². The third-order valence-corrected chi connectivity index (χ3v) is 7.51. The summed E-state index contributed by atoms with van der Waals surface area (Å²) in [5, 5.41) is 10.1. The van der Waals surface area contributed by atoms with Gasteiger partial charge in [-0.15, -0.1) is 0 Å². The van der Waals surface area contributed by atoms with Gasteiger partial charge in [-0.3, -0.25) is 9.59 Å². The number of fused-ring (bicyclic) bond motifs is 5. The van der Waals surface area contributed by atoms with Crippen LogP contribution >= 0.6 is 0 Å². The van der Waals surface area contributed by atoms with Crippen molar-refractivity contribution in [1.29, 1.82) is 5.26 Å². The van der Waals surface area contributed by atoms with E-state index in [1.54, 1.807) is 21.9 Å². The number of hydrogen-bond donors (Lipinski definition) is 1. The Balaban J connectivity index is 1.31. The highest BCUT2D eigenvalue weighted by Crippen LogP contribution is 2.45. The average molecular weight is 491 g/mol. The number of H-pyrrole nitrogens is 1. The second kappa shape index (κ2) is 8.14. The molecule has 7 rings (SSSR count). The number of aromatic amines is 1. The molecule has 8 nitrogen and oxygen atoms in total. The highest BCUT2D eigenvalue weighted by atomic mass is 16.7. The fraction of sp³-hybridized carbons (Fsp3) is 0.207. The van der Waals surface area contributed by atoms with E-state index in [9.17, 15) is 9.59 Å². The number of nitriles is 1. The molecule has 0 radical (unpaired) electrons. The van der Waals surface area contributed by atoms with Crippen LogP contribution in [-0.4, -0.2) is 46.0 Å². The van der Waals surface area contributed by atoms with E-state index < -0.39 is 12.1 Å². The van der Waals surface area contributed by atoms with Crippen LogP contribution in [0.1, 0.15) is 34.0 Å². The minimum atomic E-state index is -0.623. The second-order valence-corrected chi connectivity index (χ2v) is 9.60. The molecule has 1 saturated heterocycles. The number of carbonyl (C=O) groups excluding carboxylic acids is 2. The Morgan fingerprint density at radius 2 is 1.81 bits per heavy atom. The van der Waals surface area contributed by atoms with Gasteiger partial charge in [0.05, 0.1) is 17.7 Å². The SMILES string of the molecule is N#Cc1ccc(CN2CC(=O)N3[C@H](c4ccc5c(c4)OCO5)c4[nH]c5ccccc5c4C[C@@H]3C2=O)cc1. The van der Waals surface area contributed by atoms with E-state index in [-0.39, 0.29) is 25.2 Å². The highest BCUT2D eigenvalue weighted by Gasteiger charge is 2.48. The Labute approximate surface area is 212 Å². The Hall–Kier alpha value is -4.77. The Kier molecular flexibility index (Phi) is 4.73. The molecule has 1 fully saturated rings. The number of benzene rings is 3. The Morgan fingerprint density at radius 3 is 2.65 bits per heavy atom. The molecule has 3 aliphatic rings. The molecule has 8 heteroatoms. The van der Waals surface area contributed by atoms with Crippen LogP contribution in [0, 0.1) is 11.3 Å². The van der Waals surface area contributed by atoms with Crippen molar-refractivity contribution in [2.45, 2.75) is 25.0 Å². The van der Waals surface area contributed by atoms with Crippen LogP contribution in [0.5, 0.6) is 11.5 Å². The smallest absolute Gasteiger partial charge is 0.246 e. The van der Waals surface area contributed by atoms with Gasteiger partial charge in [-0.05, 0) is 47.0 Å². The molecular weight excluding hydrogens is 468 g/mol. The van der Waals surface area contributed by atoms with Gasteiger partial charge in [0.2, 0.25) is 18.6 Å². The van der Waals surface area contributed by atoms with E-state index >= 15 is 0 Å². The Morgan fingerprint density at radius 1 is 1.00 bits per heavy atom. The number of nitrogens with zero attached hydrogens (tertiary/aromatic N) is 3. The van der Waals surface area contributed by atoms with Crippen LogP contribution in [0.2, 0.25) is 0 Å². The molecule has 0 bridgehead atoms. The number of amides is 2. The van der Waals surface area contributed by atoms with Gasteiger partial charge in [0.25, 0.3) is 0 Å². The fourth-order valence-corrected chi connectivity index (χ4v) is 5.79. The highest BCUT2D eigenvalue weighted by molar-refractivity contribution is 5.97. The summed E-state index contributed by atoms with van der Waals surface area (Å²) in [7, 11) is 0. The number of para-hydroxylation sites is 1. The van der Waals surface area contributed by atoms with Gasteiger partial charge in [0, 0.05) is 29.6 Å². The number of ether oxygens (including phenoxy) is 2. The van der Waals surface area contributed by atoms with E-state index in [1.807, 2.05) is 48.5 Å². The first-order chi connectivity index (χ1) is 18.1. The summed E-state index contributed by atoms with van der Waals surface area (Å²) in [6.07, 6.45) is 0.439. The zero-order chi connectivity index (χ0) is 25.1. The maximum absolute atomic E-state index is 13.9. The topological polar surface area (TPSA) is 98.7 Å². The minimum Gasteiger partial charge on any atom is -0.454 e. The van der Waals surface area contributed by atoms with Crippen LogP contribution in [0.4, 0.5) is 0 Å². The van der Waals surface area contributed by atoms with Gasteiger partial charge in [-0.25, -0.2) is 0 Å². The Bertz CT molecular complexity index is 1620. The van der Waals surface area contributed by atoms with E-state index in [0.717, 1.165) is 33.3 Å². The molecule has 3 aromatic carbocycles. The second-order valence-electron chi connectivity index (χ2n) is 9.60. The number of hydrogen-bond acceptors (Lipinski definition) is 5. The van der Waals surface area contributed by atoms with Crippen LogP contribution in [0.15, 0.2) is 66.7 Å². The molecule has 1 aromatic heterocycles. The van der Waals surface area contributed by atoms with Gasteiger partial charge < -0.3 is 24.3 Å². The maximum Gasteiger partial charge on any atom is 0.246 e. The molecule has 4 heterocycles. The molecule has 4 aromatic rings. The largest absolute Gasteiger partial charge is 0.454 e. The lowest BCUT2D eigenvalue weighted by Gasteiger charge is -2.47. The van der Waals surface area contributed by atoms with Crippen molar-refractivity contribution >= 4 is 22.7 Å².